The zero-order chi connectivity index (χ0) is 22.7. The summed E-state index contributed by atoms with van der Waals surface area (Å²) < 4.78 is 5.25. The third-order valence-electron chi connectivity index (χ3n) is 4.93. The maximum Gasteiger partial charge on any atom is 0.338 e. The number of anilines is 1. The number of carbonyl (C=O) groups is 2. The van der Waals surface area contributed by atoms with Gasteiger partial charge in [0.25, 0.3) is 5.91 Å². The molecule has 3 rings (SSSR count). The number of rotatable bonds is 5. The Balaban J connectivity index is 1.83. The monoisotopic (exact) mass is 477 g/mol. The van der Waals surface area contributed by atoms with Gasteiger partial charge in [-0.3, -0.25) is 4.79 Å². The molecule has 31 heavy (non-hydrogen) atoms. The Morgan fingerprint density at radius 3 is 2.45 bits per heavy atom. The Morgan fingerprint density at radius 2 is 1.84 bits per heavy atom. The molecule has 2 aromatic rings. The summed E-state index contributed by atoms with van der Waals surface area (Å²) in [6.45, 7) is 3.87. The van der Waals surface area contributed by atoms with Crippen LogP contribution in [0.25, 0.3) is 0 Å². The third-order valence-corrected chi connectivity index (χ3v) is 6.06. The number of hydrogen-bond donors (Lipinski definition) is 2. The van der Waals surface area contributed by atoms with Gasteiger partial charge >= 0.3 is 5.97 Å². The van der Waals surface area contributed by atoms with E-state index in [9.17, 15) is 9.59 Å². The molecule has 0 saturated carbocycles. The van der Waals surface area contributed by atoms with E-state index in [0.717, 1.165) is 11.3 Å². The second-order valence-electron chi connectivity index (χ2n) is 6.87. The minimum absolute atomic E-state index is 0.274. The summed E-state index contributed by atoms with van der Waals surface area (Å²) in [5, 5.41) is 7.20. The highest BCUT2D eigenvalue weighted by Crippen LogP contribution is 2.31. The van der Waals surface area contributed by atoms with Gasteiger partial charge in [-0.05, 0) is 62.0 Å². The lowest BCUT2D eigenvalue weighted by Crippen LogP contribution is -2.46. The average Bonchev–Trinajstić information content (AvgIpc) is 2.74. The molecule has 0 spiro atoms. The van der Waals surface area contributed by atoms with E-state index in [4.69, 9.17) is 40.2 Å². The van der Waals surface area contributed by atoms with Gasteiger partial charge in [0, 0.05) is 24.0 Å². The van der Waals surface area contributed by atoms with E-state index in [1.807, 2.05) is 19.1 Å². The third kappa shape index (κ3) is 5.01. The molecule has 9 heteroatoms. The summed E-state index contributed by atoms with van der Waals surface area (Å²) >= 11 is 17.3. The first-order valence-corrected chi connectivity index (χ1v) is 10.7. The summed E-state index contributed by atoms with van der Waals surface area (Å²) in [5.74, 6) is -0.711. The fraction of sp³-hybridized carbons (Fsp3) is 0.227. The smallest absolute Gasteiger partial charge is 0.338 e. The van der Waals surface area contributed by atoms with Crippen LogP contribution in [0.5, 0.6) is 0 Å². The lowest BCUT2D eigenvalue weighted by molar-refractivity contribution is -0.139. The van der Waals surface area contributed by atoms with Crippen molar-refractivity contribution in [2.24, 2.45) is 0 Å². The van der Waals surface area contributed by atoms with Gasteiger partial charge in [0.1, 0.15) is 0 Å². The van der Waals surface area contributed by atoms with E-state index in [0.29, 0.717) is 32.0 Å². The van der Waals surface area contributed by atoms with E-state index in [-0.39, 0.29) is 12.5 Å². The second kappa shape index (κ2) is 9.68. The number of carbonyl (C=O) groups excluding carboxylic acids is 2. The van der Waals surface area contributed by atoms with Gasteiger partial charge in [-0.25, -0.2) is 4.79 Å². The Morgan fingerprint density at radius 1 is 1.16 bits per heavy atom. The highest BCUT2D eigenvalue weighted by Gasteiger charge is 2.33. The molecule has 6 nitrogen and oxygen atoms in total. The lowest BCUT2D eigenvalue weighted by atomic mass is 9.95. The fourth-order valence-corrected chi connectivity index (χ4v) is 3.71. The van der Waals surface area contributed by atoms with Crippen LogP contribution in [-0.2, 0) is 9.53 Å². The second-order valence-corrected chi connectivity index (χ2v) is 8.07. The number of esters is 1. The number of ether oxygens (including phenoxy) is 1. The molecule has 1 atom stereocenters. The Hall–Kier alpha value is -2.61. The summed E-state index contributed by atoms with van der Waals surface area (Å²) in [4.78, 5) is 26.8. The molecular formula is C22H21Cl2N3O3S. The lowest BCUT2D eigenvalue weighted by Gasteiger charge is -2.35. The molecule has 0 bridgehead atoms. The van der Waals surface area contributed by atoms with Crippen LogP contribution < -0.4 is 10.6 Å². The first kappa shape index (κ1) is 23.1. The Kier molecular flexibility index (Phi) is 7.20. The van der Waals surface area contributed by atoms with Crippen molar-refractivity contribution in [1.29, 1.82) is 0 Å². The molecule has 162 valence electrons. The summed E-state index contributed by atoms with van der Waals surface area (Å²) in [5.41, 5.74) is 3.01. The molecule has 2 N–H and O–H groups in total. The number of halogens is 2. The predicted octanol–water partition coefficient (Wildman–Crippen LogP) is 4.94. The number of amides is 1. The SMILES string of the molecule is CCOC(=O)C1=C(C)N(C)C(=S)NC1c1ccc(NC(=O)c2ccc(Cl)c(Cl)c2)cc1. The maximum absolute atomic E-state index is 12.6. The highest BCUT2D eigenvalue weighted by molar-refractivity contribution is 7.80. The van der Waals surface area contributed by atoms with E-state index < -0.39 is 12.0 Å². The number of thiocarbonyl (C=S) groups is 1. The van der Waals surface area contributed by atoms with Gasteiger partial charge in [-0.2, -0.15) is 0 Å². The first-order chi connectivity index (χ1) is 14.7. The fourth-order valence-electron chi connectivity index (χ4n) is 3.16. The van der Waals surface area contributed by atoms with E-state index in [1.165, 1.54) is 6.07 Å². The summed E-state index contributed by atoms with van der Waals surface area (Å²) in [7, 11) is 1.79. The van der Waals surface area contributed by atoms with Crippen molar-refractivity contribution >= 4 is 58.1 Å². The summed E-state index contributed by atoms with van der Waals surface area (Å²) in [6, 6.07) is 11.4. The first-order valence-electron chi connectivity index (χ1n) is 9.51. The minimum atomic E-state index is -0.456. The molecule has 2 aromatic carbocycles. The number of benzene rings is 2. The van der Waals surface area contributed by atoms with Gasteiger partial charge in [0.2, 0.25) is 0 Å². The van der Waals surface area contributed by atoms with Crippen LogP contribution >= 0.6 is 35.4 Å². The quantitative estimate of drug-likeness (QED) is 0.469. The van der Waals surface area contributed by atoms with Crippen molar-refractivity contribution < 1.29 is 14.3 Å². The molecule has 1 unspecified atom stereocenters. The van der Waals surface area contributed by atoms with Crippen LogP contribution in [0.4, 0.5) is 5.69 Å². The van der Waals surface area contributed by atoms with Gasteiger partial charge in [0.15, 0.2) is 5.11 Å². The maximum atomic E-state index is 12.6. The van der Waals surface area contributed by atoms with Crippen LogP contribution in [0, 0.1) is 0 Å². The van der Waals surface area contributed by atoms with Crippen molar-refractivity contribution in [3.8, 4) is 0 Å². The van der Waals surface area contributed by atoms with Gasteiger partial charge < -0.3 is 20.3 Å². The minimum Gasteiger partial charge on any atom is -0.463 e. The summed E-state index contributed by atoms with van der Waals surface area (Å²) in [6.07, 6.45) is 0. The zero-order valence-corrected chi connectivity index (χ0v) is 19.5. The molecule has 0 aliphatic carbocycles. The Bertz CT molecular complexity index is 1070. The van der Waals surface area contributed by atoms with Crippen LogP contribution in [0.1, 0.15) is 35.8 Å². The highest BCUT2D eigenvalue weighted by atomic mass is 35.5. The van der Waals surface area contributed by atoms with Crippen LogP contribution in [-0.4, -0.2) is 35.5 Å². The molecule has 0 fully saturated rings. The number of nitrogens with zero attached hydrogens (tertiary/aromatic N) is 1. The molecule has 0 aromatic heterocycles. The van der Waals surface area contributed by atoms with Crippen molar-refractivity contribution in [1.82, 2.24) is 10.2 Å². The van der Waals surface area contributed by atoms with Gasteiger partial charge in [-0.15, -0.1) is 0 Å². The van der Waals surface area contributed by atoms with Crippen LogP contribution in [0.15, 0.2) is 53.7 Å². The van der Waals surface area contributed by atoms with Crippen LogP contribution in [0.2, 0.25) is 10.0 Å². The molecule has 0 radical (unpaired) electrons. The standard InChI is InChI=1S/C22H21Cl2N3O3S/c1-4-30-21(29)18-12(2)27(3)22(31)26-19(18)13-5-8-15(9-6-13)25-20(28)14-7-10-16(23)17(24)11-14/h5-11,19H,4H2,1-3H3,(H,25,28)(H,26,31). The molecule has 1 amide bonds. The molecular weight excluding hydrogens is 457 g/mol. The van der Waals surface area contributed by atoms with Crippen molar-refractivity contribution in [3.05, 3.63) is 74.9 Å². The van der Waals surface area contributed by atoms with Crippen molar-refractivity contribution in [2.45, 2.75) is 19.9 Å². The van der Waals surface area contributed by atoms with Gasteiger partial charge in [-0.1, -0.05) is 35.3 Å². The number of nitrogens with one attached hydrogen (secondary N) is 2. The largest absolute Gasteiger partial charge is 0.463 e. The zero-order valence-electron chi connectivity index (χ0n) is 17.2. The molecule has 0 saturated heterocycles. The van der Waals surface area contributed by atoms with Crippen LogP contribution in [0.3, 0.4) is 0 Å². The number of hydrogen-bond acceptors (Lipinski definition) is 4. The Labute approximate surface area is 196 Å². The van der Waals surface area contributed by atoms with Crippen molar-refractivity contribution in [3.63, 3.8) is 0 Å². The normalized spacial score (nSPS) is 16.1. The van der Waals surface area contributed by atoms with E-state index in [2.05, 4.69) is 10.6 Å². The number of allylic oxidation sites excluding steroid dienone is 1. The molecule has 1 aliphatic rings. The molecule has 1 heterocycles. The predicted molar refractivity (Wildman–Crippen MR) is 126 cm³/mol. The van der Waals surface area contributed by atoms with Gasteiger partial charge in [0.05, 0.1) is 28.3 Å². The van der Waals surface area contributed by atoms with Crippen molar-refractivity contribution in [2.75, 3.05) is 19.0 Å². The topological polar surface area (TPSA) is 70.7 Å². The van der Waals surface area contributed by atoms with E-state index >= 15 is 0 Å². The average molecular weight is 478 g/mol. The molecule has 1 aliphatic heterocycles. The van der Waals surface area contributed by atoms with E-state index in [1.54, 1.807) is 43.1 Å².